The van der Waals surface area contributed by atoms with Crippen LogP contribution in [0.4, 0.5) is 0 Å². The monoisotopic (exact) mass is 343 g/mol. The molecule has 6 heteroatoms. The van der Waals surface area contributed by atoms with E-state index in [1.807, 2.05) is 48.1 Å². The number of benzene rings is 2. The van der Waals surface area contributed by atoms with Crippen molar-refractivity contribution < 1.29 is 4.74 Å². The molecule has 0 atom stereocenters. The zero-order valence-corrected chi connectivity index (χ0v) is 14.5. The molecule has 0 unspecified atom stereocenters. The Hall–Kier alpha value is -3.41. The van der Waals surface area contributed by atoms with Crippen molar-refractivity contribution in [1.29, 1.82) is 0 Å². The molecule has 2 aromatic heterocycles. The number of ether oxygens (including phenoxy) is 1. The quantitative estimate of drug-likeness (QED) is 0.488. The highest BCUT2D eigenvalue weighted by Gasteiger charge is 2.25. The number of hydrogen-bond acceptors (Lipinski definition) is 4. The van der Waals surface area contributed by atoms with E-state index in [4.69, 9.17) is 4.74 Å². The van der Waals surface area contributed by atoms with E-state index in [1.54, 1.807) is 0 Å². The Morgan fingerprint density at radius 1 is 1.00 bits per heavy atom. The Kier molecular flexibility index (Phi) is 3.18. The van der Waals surface area contributed by atoms with E-state index < -0.39 is 0 Å². The van der Waals surface area contributed by atoms with Gasteiger partial charge >= 0.3 is 6.01 Å². The van der Waals surface area contributed by atoms with Crippen molar-refractivity contribution in [2.75, 3.05) is 0 Å². The zero-order chi connectivity index (χ0) is 17.7. The van der Waals surface area contributed by atoms with Gasteiger partial charge in [-0.1, -0.05) is 34.9 Å². The van der Waals surface area contributed by atoms with Gasteiger partial charge in [-0.3, -0.25) is 4.57 Å². The molecule has 5 rings (SSSR count). The van der Waals surface area contributed by atoms with Crippen LogP contribution in [0.3, 0.4) is 0 Å². The van der Waals surface area contributed by atoms with Crippen LogP contribution in [-0.4, -0.2) is 24.3 Å². The van der Waals surface area contributed by atoms with Gasteiger partial charge in [0.1, 0.15) is 5.75 Å². The topological polar surface area (TPSA) is 57.8 Å². The molecule has 1 aliphatic heterocycles. The third-order valence-electron chi connectivity index (χ3n) is 4.70. The number of nitrogens with zero attached hydrogens (tertiary/aromatic N) is 5. The van der Waals surface area contributed by atoms with Crippen LogP contribution in [0.1, 0.15) is 17.0 Å². The molecule has 4 aromatic rings. The lowest BCUT2D eigenvalue weighted by Crippen LogP contribution is -2.06. The molecule has 0 aliphatic carbocycles. The fraction of sp³-hybridized carbons (Fsp3) is 0.150. The van der Waals surface area contributed by atoms with Crippen molar-refractivity contribution in [2.24, 2.45) is 0 Å². The summed E-state index contributed by atoms with van der Waals surface area (Å²) < 4.78 is 10.2. The van der Waals surface area contributed by atoms with E-state index in [0.717, 1.165) is 34.2 Å². The van der Waals surface area contributed by atoms with E-state index in [9.17, 15) is 0 Å². The highest BCUT2D eigenvalue weighted by molar-refractivity contribution is 5.70. The standard InChI is InChI=1S/C20H17N5O/c1-13-8-9-17-16(10-13)19-22-23-20(26-15-6-4-3-5-7-15)24(19)11-18-14(2)21-12-25(17)18/h3-10,12H,11H2,1-2H3. The first kappa shape index (κ1) is 14.9. The lowest BCUT2D eigenvalue weighted by Gasteiger charge is -2.09. The van der Waals surface area contributed by atoms with Gasteiger partial charge < -0.3 is 9.30 Å². The second kappa shape index (κ2) is 5.56. The average Bonchev–Trinajstić information content (AvgIpc) is 3.17. The molecular formula is C20H17N5O. The molecule has 128 valence electrons. The highest BCUT2D eigenvalue weighted by atomic mass is 16.5. The number of hydrogen-bond donors (Lipinski definition) is 0. The first-order valence-corrected chi connectivity index (χ1v) is 8.51. The first-order valence-electron chi connectivity index (χ1n) is 8.51. The average molecular weight is 343 g/mol. The number of fused-ring (bicyclic) bond motifs is 5. The molecule has 2 aromatic carbocycles. The largest absolute Gasteiger partial charge is 0.424 e. The molecule has 0 N–H and O–H groups in total. The summed E-state index contributed by atoms with van der Waals surface area (Å²) in [6.07, 6.45) is 1.87. The SMILES string of the molecule is Cc1ccc2c(c1)-c1nnc(Oc3ccccc3)n1Cc1c(C)ncn1-2. The summed E-state index contributed by atoms with van der Waals surface area (Å²) in [5.74, 6) is 1.54. The summed E-state index contributed by atoms with van der Waals surface area (Å²) in [5.41, 5.74) is 5.35. The molecule has 0 amide bonds. The molecular weight excluding hydrogens is 326 g/mol. The molecule has 0 saturated carbocycles. The van der Waals surface area contributed by atoms with Crippen LogP contribution in [-0.2, 0) is 6.54 Å². The molecule has 0 bridgehead atoms. The highest BCUT2D eigenvalue weighted by Crippen LogP contribution is 2.35. The van der Waals surface area contributed by atoms with Gasteiger partial charge in [0, 0.05) is 5.56 Å². The van der Waals surface area contributed by atoms with Gasteiger partial charge in [-0.2, -0.15) is 0 Å². The van der Waals surface area contributed by atoms with E-state index >= 15 is 0 Å². The second-order valence-electron chi connectivity index (χ2n) is 6.47. The number of rotatable bonds is 2. The Balaban J connectivity index is 1.72. The van der Waals surface area contributed by atoms with E-state index in [-0.39, 0.29) is 0 Å². The number of aryl methyl sites for hydroxylation is 2. The second-order valence-corrected chi connectivity index (χ2v) is 6.47. The minimum absolute atomic E-state index is 0.479. The fourth-order valence-electron chi connectivity index (χ4n) is 3.35. The molecule has 6 nitrogen and oxygen atoms in total. The first-order chi connectivity index (χ1) is 12.7. The van der Waals surface area contributed by atoms with Gasteiger partial charge in [0.25, 0.3) is 0 Å². The van der Waals surface area contributed by atoms with Crippen molar-refractivity contribution in [3.8, 4) is 28.8 Å². The van der Waals surface area contributed by atoms with Gasteiger partial charge in [-0.25, -0.2) is 4.98 Å². The van der Waals surface area contributed by atoms with Crippen molar-refractivity contribution in [2.45, 2.75) is 20.4 Å². The minimum atomic E-state index is 0.479. The Labute approximate surface area is 150 Å². The number of para-hydroxylation sites is 1. The maximum Gasteiger partial charge on any atom is 0.323 e. The number of imidazole rings is 1. The summed E-state index contributed by atoms with van der Waals surface area (Å²) in [7, 11) is 0. The third kappa shape index (κ3) is 2.23. The Morgan fingerprint density at radius 3 is 2.69 bits per heavy atom. The zero-order valence-electron chi connectivity index (χ0n) is 14.5. The van der Waals surface area contributed by atoms with E-state index in [0.29, 0.717) is 12.6 Å². The minimum Gasteiger partial charge on any atom is -0.424 e. The van der Waals surface area contributed by atoms with Crippen LogP contribution in [0.5, 0.6) is 11.8 Å². The van der Waals surface area contributed by atoms with Gasteiger partial charge in [-0.05, 0) is 38.1 Å². The summed E-state index contributed by atoms with van der Waals surface area (Å²) in [4.78, 5) is 4.50. The van der Waals surface area contributed by atoms with Crippen molar-refractivity contribution in [3.05, 3.63) is 71.8 Å². The molecule has 26 heavy (non-hydrogen) atoms. The third-order valence-corrected chi connectivity index (χ3v) is 4.70. The smallest absolute Gasteiger partial charge is 0.323 e. The summed E-state index contributed by atoms with van der Waals surface area (Å²) in [6.45, 7) is 4.70. The fourth-order valence-corrected chi connectivity index (χ4v) is 3.35. The van der Waals surface area contributed by atoms with Crippen LogP contribution in [0, 0.1) is 13.8 Å². The molecule has 0 spiro atoms. The lowest BCUT2D eigenvalue weighted by atomic mass is 10.1. The van der Waals surface area contributed by atoms with Crippen molar-refractivity contribution >= 4 is 0 Å². The predicted molar refractivity (Wildman–Crippen MR) is 97.7 cm³/mol. The normalized spacial score (nSPS) is 12.1. The molecule has 0 saturated heterocycles. The van der Waals surface area contributed by atoms with Crippen LogP contribution < -0.4 is 4.74 Å². The Bertz CT molecular complexity index is 1110. The summed E-state index contributed by atoms with van der Waals surface area (Å²) in [5, 5.41) is 8.75. The maximum absolute atomic E-state index is 6.01. The number of aromatic nitrogens is 5. The lowest BCUT2D eigenvalue weighted by molar-refractivity contribution is 0.416. The van der Waals surface area contributed by atoms with Gasteiger partial charge in [0.05, 0.1) is 29.9 Å². The van der Waals surface area contributed by atoms with Crippen molar-refractivity contribution in [3.63, 3.8) is 0 Å². The van der Waals surface area contributed by atoms with E-state index in [2.05, 4.69) is 44.9 Å². The van der Waals surface area contributed by atoms with Gasteiger partial charge in [-0.15, -0.1) is 5.10 Å². The van der Waals surface area contributed by atoms with Crippen LogP contribution in [0.15, 0.2) is 54.9 Å². The predicted octanol–water partition coefficient (Wildman–Crippen LogP) is 3.90. The molecule has 1 aliphatic rings. The summed E-state index contributed by atoms with van der Waals surface area (Å²) >= 11 is 0. The van der Waals surface area contributed by atoms with Crippen molar-refractivity contribution in [1.82, 2.24) is 24.3 Å². The summed E-state index contributed by atoms with van der Waals surface area (Å²) in [6, 6.07) is 16.5. The Morgan fingerprint density at radius 2 is 1.85 bits per heavy atom. The van der Waals surface area contributed by atoms with E-state index in [1.165, 1.54) is 5.56 Å². The van der Waals surface area contributed by atoms with Gasteiger partial charge in [0.2, 0.25) is 0 Å². The van der Waals surface area contributed by atoms with Crippen LogP contribution in [0.25, 0.3) is 17.1 Å². The molecule has 0 radical (unpaired) electrons. The maximum atomic E-state index is 6.01. The van der Waals surface area contributed by atoms with Crippen LogP contribution in [0.2, 0.25) is 0 Å². The molecule has 0 fully saturated rings. The van der Waals surface area contributed by atoms with Gasteiger partial charge in [0.15, 0.2) is 5.82 Å². The van der Waals surface area contributed by atoms with Crippen LogP contribution >= 0.6 is 0 Å². The molecule has 3 heterocycles.